The first-order valence-corrected chi connectivity index (χ1v) is 10.0. The number of alkyl halides is 6. The number of pyridine rings is 1. The van der Waals surface area contributed by atoms with E-state index in [1.165, 1.54) is 47.0 Å². The van der Waals surface area contributed by atoms with E-state index in [0.29, 0.717) is 0 Å². The highest BCUT2D eigenvalue weighted by atomic mass is 19.4. The van der Waals surface area contributed by atoms with Crippen molar-refractivity contribution in [2.24, 2.45) is 0 Å². The number of fused-ring (bicyclic) bond motifs is 1. The third-order valence-corrected chi connectivity index (χ3v) is 4.70. The zero-order valence-electron chi connectivity index (χ0n) is 17.8. The molecular formula is C23H14F6N4O3. The fourth-order valence-electron chi connectivity index (χ4n) is 3.09. The van der Waals surface area contributed by atoms with E-state index >= 15 is 0 Å². The van der Waals surface area contributed by atoms with Gasteiger partial charge >= 0.3 is 18.3 Å². The Hall–Kier alpha value is -4.55. The number of aromatic nitrogens is 2. The SMILES string of the molecule is O=C(Nc1cccc(Oc2ccc3nc(NC(=O)C(F)(F)F)cn3c2)c1)c1cccc(C(F)(F)F)c1. The van der Waals surface area contributed by atoms with Crippen molar-refractivity contribution in [3.8, 4) is 11.5 Å². The molecule has 0 radical (unpaired) electrons. The second-order valence-corrected chi connectivity index (χ2v) is 7.37. The van der Waals surface area contributed by atoms with Gasteiger partial charge in [0.15, 0.2) is 5.82 Å². The van der Waals surface area contributed by atoms with E-state index in [1.807, 2.05) is 0 Å². The van der Waals surface area contributed by atoms with Crippen LogP contribution >= 0.6 is 0 Å². The highest BCUT2D eigenvalue weighted by Crippen LogP contribution is 2.30. The molecule has 0 aliphatic rings. The van der Waals surface area contributed by atoms with Crippen LogP contribution in [0.5, 0.6) is 11.5 Å². The van der Waals surface area contributed by atoms with Crippen LogP contribution in [0.15, 0.2) is 73.1 Å². The molecule has 0 aliphatic carbocycles. The van der Waals surface area contributed by atoms with Gasteiger partial charge in [0.25, 0.3) is 5.91 Å². The number of rotatable bonds is 5. The van der Waals surface area contributed by atoms with Gasteiger partial charge in [-0.3, -0.25) is 9.59 Å². The lowest BCUT2D eigenvalue weighted by molar-refractivity contribution is -0.167. The Bertz CT molecular complexity index is 1450. The standard InChI is InChI=1S/C23H14F6N4O3/c24-22(25,26)14-4-1-3-13(9-14)20(34)30-15-5-2-6-16(10-15)36-17-7-8-19-31-18(12-33(19)11-17)32-21(35)23(27,28)29/h1-12H,(H,30,34)(H,32,35). The van der Waals surface area contributed by atoms with Crippen molar-refractivity contribution in [2.75, 3.05) is 10.6 Å². The summed E-state index contributed by atoms with van der Waals surface area (Å²) in [5, 5.41) is 4.14. The Labute approximate surface area is 198 Å². The number of benzene rings is 2. The molecule has 0 atom stereocenters. The van der Waals surface area contributed by atoms with Crippen LogP contribution in [0.4, 0.5) is 37.8 Å². The number of carbonyl (C=O) groups excluding carboxylic acids is 2. The summed E-state index contributed by atoms with van der Waals surface area (Å²) in [6.07, 6.45) is -7.09. The van der Waals surface area contributed by atoms with Crippen molar-refractivity contribution in [1.29, 1.82) is 0 Å². The van der Waals surface area contributed by atoms with Gasteiger partial charge < -0.3 is 19.8 Å². The summed E-state index contributed by atoms with van der Waals surface area (Å²) in [6.45, 7) is 0. The van der Waals surface area contributed by atoms with Crippen molar-refractivity contribution in [3.05, 3.63) is 84.2 Å². The van der Waals surface area contributed by atoms with Crippen LogP contribution in [0.2, 0.25) is 0 Å². The Morgan fingerprint density at radius 3 is 2.31 bits per heavy atom. The fraction of sp³-hybridized carbons (Fsp3) is 0.0870. The number of imidazole rings is 1. The van der Waals surface area contributed by atoms with Crippen LogP contribution < -0.4 is 15.4 Å². The molecule has 2 amide bonds. The maximum Gasteiger partial charge on any atom is 0.471 e. The smallest absolute Gasteiger partial charge is 0.456 e. The summed E-state index contributed by atoms with van der Waals surface area (Å²) in [4.78, 5) is 27.4. The zero-order valence-corrected chi connectivity index (χ0v) is 17.8. The molecule has 4 rings (SSSR count). The van der Waals surface area contributed by atoms with Gasteiger partial charge in [-0.25, -0.2) is 4.98 Å². The van der Waals surface area contributed by atoms with Crippen molar-refractivity contribution < 1.29 is 40.7 Å². The van der Waals surface area contributed by atoms with E-state index in [-0.39, 0.29) is 34.2 Å². The average Bonchev–Trinajstić information content (AvgIpc) is 3.20. The number of anilines is 2. The minimum atomic E-state index is -5.06. The predicted octanol–water partition coefficient (Wildman–Crippen LogP) is 5.90. The molecule has 0 spiro atoms. The van der Waals surface area contributed by atoms with Crippen LogP contribution in [0.1, 0.15) is 15.9 Å². The second kappa shape index (κ2) is 9.24. The van der Waals surface area contributed by atoms with Crippen molar-refractivity contribution in [2.45, 2.75) is 12.4 Å². The number of nitrogens with zero attached hydrogens (tertiary/aromatic N) is 2. The highest BCUT2D eigenvalue weighted by molar-refractivity contribution is 6.04. The summed E-state index contributed by atoms with van der Waals surface area (Å²) in [5.74, 6) is -2.73. The Balaban J connectivity index is 1.47. The van der Waals surface area contributed by atoms with Gasteiger partial charge in [0.05, 0.1) is 18.0 Å². The number of ether oxygens (including phenoxy) is 1. The van der Waals surface area contributed by atoms with Crippen molar-refractivity contribution >= 4 is 29.0 Å². The first kappa shape index (κ1) is 24.6. The maximum atomic E-state index is 12.9. The molecule has 0 bridgehead atoms. The molecule has 2 heterocycles. The molecule has 13 heteroatoms. The van der Waals surface area contributed by atoms with E-state index < -0.39 is 29.7 Å². The number of hydrogen-bond acceptors (Lipinski definition) is 4. The molecule has 0 saturated heterocycles. The average molecular weight is 508 g/mol. The zero-order chi connectivity index (χ0) is 26.1. The lowest BCUT2D eigenvalue weighted by Crippen LogP contribution is -2.30. The summed E-state index contributed by atoms with van der Waals surface area (Å²) in [7, 11) is 0. The first-order valence-electron chi connectivity index (χ1n) is 10.0. The lowest BCUT2D eigenvalue weighted by atomic mass is 10.1. The quantitative estimate of drug-likeness (QED) is 0.329. The normalized spacial score (nSPS) is 11.8. The number of carbonyl (C=O) groups is 2. The van der Waals surface area contributed by atoms with Crippen LogP contribution in [0.25, 0.3) is 5.65 Å². The predicted molar refractivity (Wildman–Crippen MR) is 116 cm³/mol. The topological polar surface area (TPSA) is 84.7 Å². The number of nitrogens with one attached hydrogen (secondary N) is 2. The number of amides is 2. The van der Waals surface area contributed by atoms with E-state index in [4.69, 9.17) is 4.74 Å². The second-order valence-electron chi connectivity index (χ2n) is 7.37. The molecule has 186 valence electrons. The van der Waals surface area contributed by atoms with Crippen LogP contribution in [-0.2, 0) is 11.0 Å². The van der Waals surface area contributed by atoms with Crippen molar-refractivity contribution in [1.82, 2.24) is 9.38 Å². The lowest BCUT2D eigenvalue weighted by Gasteiger charge is -2.11. The summed E-state index contributed by atoms with van der Waals surface area (Å²) < 4.78 is 83.0. The number of hydrogen-bond donors (Lipinski definition) is 2. The largest absolute Gasteiger partial charge is 0.471 e. The van der Waals surface area contributed by atoms with Gasteiger partial charge in [-0.15, -0.1) is 0 Å². The van der Waals surface area contributed by atoms with Gasteiger partial charge in [-0.1, -0.05) is 12.1 Å². The molecule has 0 unspecified atom stereocenters. The van der Waals surface area contributed by atoms with Crippen molar-refractivity contribution in [3.63, 3.8) is 0 Å². The van der Waals surface area contributed by atoms with Gasteiger partial charge in [-0.2, -0.15) is 26.3 Å². The molecule has 2 aromatic carbocycles. The summed E-state index contributed by atoms with van der Waals surface area (Å²) in [5.41, 5.74) is -0.656. The minimum Gasteiger partial charge on any atom is -0.456 e. The Morgan fingerprint density at radius 1 is 0.833 bits per heavy atom. The maximum absolute atomic E-state index is 12.9. The van der Waals surface area contributed by atoms with Gasteiger partial charge in [0.1, 0.15) is 17.1 Å². The monoisotopic (exact) mass is 508 g/mol. The van der Waals surface area contributed by atoms with Gasteiger partial charge in [-0.05, 0) is 42.5 Å². The van der Waals surface area contributed by atoms with E-state index in [2.05, 4.69) is 10.3 Å². The summed E-state index contributed by atoms with van der Waals surface area (Å²) >= 11 is 0. The fourth-order valence-corrected chi connectivity index (χ4v) is 3.09. The minimum absolute atomic E-state index is 0.185. The third-order valence-electron chi connectivity index (χ3n) is 4.70. The van der Waals surface area contributed by atoms with E-state index in [1.54, 1.807) is 11.4 Å². The van der Waals surface area contributed by atoms with Crippen LogP contribution in [-0.4, -0.2) is 27.4 Å². The van der Waals surface area contributed by atoms with Crippen LogP contribution in [0.3, 0.4) is 0 Å². The molecule has 36 heavy (non-hydrogen) atoms. The molecule has 4 aromatic rings. The van der Waals surface area contributed by atoms with E-state index in [9.17, 15) is 35.9 Å². The molecule has 2 N–H and O–H groups in total. The van der Waals surface area contributed by atoms with Gasteiger partial charge in [0, 0.05) is 17.3 Å². The molecular weight excluding hydrogens is 494 g/mol. The summed E-state index contributed by atoms with van der Waals surface area (Å²) in [6, 6.07) is 12.9. The van der Waals surface area contributed by atoms with Gasteiger partial charge in [0.2, 0.25) is 0 Å². The molecule has 7 nitrogen and oxygen atoms in total. The molecule has 2 aromatic heterocycles. The molecule has 0 saturated carbocycles. The third kappa shape index (κ3) is 5.74. The molecule has 0 aliphatic heterocycles. The first-order chi connectivity index (χ1) is 16.9. The van der Waals surface area contributed by atoms with Crippen LogP contribution in [0, 0.1) is 0 Å². The number of halogens is 6. The Morgan fingerprint density at radius 2 is 1.58 bits per heavy atom. The molecule has 0 fully saturated rings. The Kier molecular flexibility index (Phi) is 6.31. The highest BCUT2D eigenvalue weighted by Gasteiger charge is 2.39. The van der Waals surface area contributed by atoms with E-state index in [0.717, 1.165) is 24.4 Å².